The molecule has 0 unspecified atom stereocenters. The number of ether oxygens (including phenoxy) is 1. The van der Waals surface area contributed by atoms with E-state index >= 15 is 0 Å². The van der Waals surface area contributed by atoms with E-state index < -0.39 is 6.16 Å². The van der Waals surface area contributed by atoms with Gasteiger partial charge in [-0.1, -0.05) is 41.1 Å². The molecule has 2 aliphatic rings. The van der Waals surface area contributed by atoms with Crippen molar-refractivity contribution in [2.75, 3.05) is 6.61 Å². The smallest absolute Gasteiger partial charge is 0.450 e. The molecule has 2 aliphatic carbocycles. The van der Waals surface area contributed by atoms with Crippen molar-refractivity contribution in [2.45, 2.75) is 6.92 Å². The van der Waals surface area contributed by atoms with Crippen LogP contribution in [0.15, 0.2) is 22.7 Å². The molecule has 0 amide bonds. The summed E-state index contributed by atoms with van der Waals surface area (Å²) in [6.45, 7) is 2.32. The van der Waals surface area contributed by atoms with E-state index in [0.717, 1.165) is 4.48 Å². The van der Waals surface area contributed by atoms with Crippen LogP contribution < -0.4 is 0 Å². The van der Waals surface area contributed by atoms with Crippen LogP contribution in [0.1, 0.15) is 6.92 Å². The third-order valence-corrected chi connectivity index (χ3v) is 3.86. The first-order chi connectivity index (χ1) is 6.55. The maximum atomic E-state index is 10.3. The Morgan fingerprint density at radius 2 is 2.50 bits per heavy atom. The van der Waals surface area contributed by atoms with Crippen molar-refractivity contribution in [1.29, 1.82) is 0 Å². The lowest BCUT2D eigenvalue weighted by Gasteiger charge is -2.09. The number of carbonyl (C=O) groups is 1. The van der Waals surface area contributed by atoms with Crippen molar-refractivity contribution < 1.29 is 14.6 Å². The van der Waals surface area contributed by atoms with Gasteiger partial charge in [-0.15, -0.1) is 0 Å². The van der Waals surface area contributed by atoms with Gasteiger partial charge in [-0.3, -0.25) is 0 Å². The molecular weight excluding hydrogens is 248 g/mol. The number of rotatable bonds is 2. The number of halogens is 1. The Bertz CT molecular complexity index is 334. The van der Waals surface area contributed by atoms with Gasteiger partial charge in [0.15, 0.2) is 0 Å². The summed E-state index contributed by atoms with van der Waals surface area (Å²) in [5.74, 6) is 0.813. The highest BCUT2D eigenvalue weighted by atomic mass is 79.9. The van der Waals surface area contributed by atoms with Crippen LogP contribution in [0.4, 0.5) is 4.79 Å². The van der Waals surface area contributed by atoms with E-state index in [0.29, 0.717) is 11.8 Å². The Morgan fingerprint density at radius 3 is 3.07 bits per heavy atom. The van der Waals surface area contributed by atoms with E-state index in [9.17, 15) is 4.79 Å². The zero-order chi connectivity index (χ0) is 10.3. The molecule has 1 fully saturated rings. The maximum Gasteiger partial charge on any atom is 0.505 e. The van der Waals surface area contributed by atoms with Gasteiger partial charge in [0.05, 0.1) is 0 Å². The van der Waals surface area contributed by atoms with Crippen molar-refractivity contribution in [1.82, 2.24) is 0 Å². The van der Waals surface area contributed by atoms with Gasteiger partial charge in [0.25, 0.3) is 0 Å². The summed E-state index contributed by atoms with van der Waals surface area (Å²) in [6, 6.07) is 0. The van der Waals surface area contributed by atoms with E-state index in [4.69, 9.17) is 5.11 Å². The van der Waals surface area contributed by atoms with Gasteiger partial charge in [-0.25, -0.2) is 4.79 Å². The predicted molar refractivity (Wildman–Crippen MR) is 55.2 cm³/mol. The molecule has 3 nitrogen and oxygen atoms in total. The summed E-state index contributed by atoms with van der Waals surface area (Å²) in [4.78, 5) is 10.3. The van der Waals surface area contributed by atoms with Gasteiger partial charge in [0.1, 0.15) is 6.61 Å². The molecule has 76 valence electrons. The van der Waals surface area contributed by atoms with Gasteiger partial charge in [-0.2, -0.15) is 0 Å². The Balaban J connectivity index is 2.04. The van der Waals surface area contributed by atoms with Gasteiger partial charge >= 0.3 is 6.16 Å². The fourth-order valence-corrected chi connectivity index (χ4v) is 3.15. The Labute approximate surface area is 90.6 Å². The first-order valence-electron chi connectivity index (χ1n) is 4.45. The lowest BCUT2D eigenvalue weighted by molar-refractivity contribution is 0.0721. The SMILES string of the molecule is C[C@@]1(COC(=O)O)[C@@H]2C(Br)=CC=C[C@@H]21. The normalized spacial score (nSPS) is 38.6. The zero-order valence-corrected chi connectivity index (χ0v) is 9.32. The fraction of sp³-hybridized carbons (Fsp3) is 0.500. The number of allylic oxidation sites excluding steroid dienone is 4. The topological polar surface area (TPSA) is 46.5 Å². The van der Waals surface area contributed by atoms with Gasteiger partial charge in [0.2, 0.25) is 0 Å². The summed E-state index contributed by atoms with van der Waals surface area (Å²) >= 11 is 3.48. The third-order valence-electron chi connectivity index (χ3n) is 3.10. The van der Waals surface area contributed by atoms with Crippen LogP contribution in [0.5, 0.6) is 0 Å². The van der Waals surface area contributed by atoms with Crippen LogP contribution in [0.3, 0.4) is 0 Å². The summed E-state index contributed by atoms with van der Waals surface area (Å²) < 4.78 is 5.78. The molecule has 0 aromatic carbocycles. The monoisotopic (exact) mass is 258 g/mol. The first kappa shape index (κ1) is 9.77. The van der Waals surface area contributed by atoms with E-state index in [1.807, 2.05) is 12.2 Å². The average Bonchev–Trinajstić information content (AvgIpc) is 2.72. The maximum absolute atomic E-state index is 10.3. The highest BCUT2D eigenvalue weighted by molar-refractivity contribution is 9.11. The molecule has 2 rings (SSSR count). The fourth-order valence-electron chi connectivity index (χ4n) is 2.19. The van der Waals surface area contributed by atoms with Crippen molar-refractivity contribution in [3.05, 3.63) is 22.7 Å². The molecular formula is C10H11BrO3. The minimum absolute atomic E-state index is 0.0548. The third kappa shape index (κ3) is 1.38. The van der Waals surface area contributed by atoms with Crippen LogP contribution >= 0.6 is 15.9 Å². The lowest BCUT2D eigenvalue weighted by Crippen LogP contribution is -2.13. The molecule has 0 bridgehead atoms. The summed E-state index contributed by atoms with van der Waals surface area (Å²) in [7, 11) is 0. The standard InChI is InChI=1S/C10H11BrO3/c1-10(5-14-9(12)13)6-3-2-4-7(11)8(6)10/h2-4,6,8H,5H2,1H3,(H,12,13)/t6-,8-,10-/m0/s1. The van der Waals surface area contributed by atoms with Gasteiger partial charge < -0.3 is 9.84 Å². The number of fused-ring (bicyclic) bond motifs is 1. The van der Waals surface area contributed by atoms with Crippen molar-refractivity contribution >= 4 is 22.1 Å². The molecule has 0 heterocycles. The molecule has 1 N–H and O–H groups in total. The van der Waals surface area contributed by atoms with Crippen LogP contribution in [0.25, 0.3) is 0 Å². The molecule has 0 aromatic heterocycles. The molecule has 14 heavy (non-hydrogen) atoms. The van der Waals surface area contributed by atoms with E-state index in [1.54, 1.807) is 0 Å². The van der Waals surface area contributed by atoms with Crippen LogP contribution in [-0.2, 0) is 4.74 Å². The largest absolute Gasteiger partial charge is 0.505 e. The number of carboxylic acid groups (broad SMARTS) is 1. The second kappa shape index (κ2) is 3.12. The van der Waals surface area contributed by atoms with E-state index in [-0.39, 0.29) is 12.0 Å². The molecule has 4 heteroatoms. The van der Waals surface area contributed by atoms with E-state index in [2.05, 4.69) is 33.7 Å². The average molecular weight is 259 g/mol. The van der Waals surface area contributed by atoms with Crippen molar-refractivity contribution in [3.63, 3.8) is 0 Å². The minimum atomic E-state index is -1.20. The Kier molecular flexibility index (Phi) is 2.18. The molecule has 1 saturated carbocycles. The Morgan fingerprint density at radius 1 is 1.79 bits per heavy atom. The Hall–Kier alpha value is -0.770. The van der Waals surface area contributed by atoms with Crippen LogP contribution in [0, 0.1) is 17.3 Å². The first-order valence-corrected chi connectivity index (χ1v) is 5.24. The second-order valence-corrected chi connectivity index (χ2v) is 4.92. The van der Waals surface area contributed by atoms with Gasteiger partial charge in [0, 0.05) is 11.3 Å². The number of hydrogen-bond acceptors (Lipinski definition) is 2. The highest BCUT2D eigenvalue weighted by Gasteiger charge is 2.62. The highest BCUT2D eigenvalue weighted by Crippen LogP contribution is 2.65. The van der Waals surface area contributed by atoms with E-state index in [1.165, 1.54) is 0 Å². The van der Waals surface area contributed by atoms with Crippen LogP contribution in [0.2, 0.25) is 0 Å². The molecule has 0 spiro atoms. The molecule has 0 radical (unpaired) electrons. The van der Waals surface area contributed by atoms with Gasteiger partial charge in [-0.05, 0) is 10.4 Å². The molecule has 0 saturated heterocycles. The summed E-state index contributed by atoms with van der Waals surface area (Å²) in [5, 5.41) is 8.44. The van der Waals surface area contributed by atoms with Crippen LogP contribution in [-0.4, -0.2) is 17.9 Å². The van der Waals surface area contributed by atoms with Crippen molar-refractivity contribution in [2.24, 2.45) is 17.3 Å². The second-order valence-electron chi connectivity index (χ2n) is 4.00. The molecule has 3 atom stereocenters. The lowest BCUT2D eigenvalue weighted by atomic mass is 10.1. The predicted octanol–water partition coefficient (Wildman–Crippen LogP) is 2.78. The zero-order valence-electron chi connectivity index (χ0n) is 7.74. The molecule has 0 aliphatic heterocycles. The minimum Gasteiger partial charge on any atom is -0.450 e. The summed E-state index contributed by atoms with van der Waals surface area (Å²) in [5.41, 5.74) is -0.0548. The van der Waals surface area contributed by atoms with Crippen molar-refractivity contribution in [3.8, 4) is 0 Å². The summed E-state index contributed by atoms with van der Waals surface area (Å²) in [6.07, 6.45) is 4.92. The quantitative estimate of drug-likeness (QED) is 0.775. The molecule has 0 aromatic rings. The number of hydrogen-bond donors (Lipinski definition) is 1.